The van der Waals surface area contributed by atoms with Crippen molar-refractivity contribution in [3.63, 3.8) is 0 Å². The molecule has 1 amide bonds. The number of alkyl halides is 6. The highest BCUT2D eigenvalue weighted by Crippen LogP contribution is 2.35. The second-order valence-corrected chi connectivity index (χ2v) is 16.8. The van der Waals surface area contributed by atoms with Gasteiger partial charge in [0.15, 0.2) is 0 Å². The highest BCUT2D eigenvalue weighted by atomic mass is 19.4. The normalized spacial score (nSPS) is 12.3. The van der Waals surface area contributed by atoms with E-state index in [-0.39, 0.29) is 17.9 Å². The number of hydrogen-bond donors (Lipinski definition) is 3. The maximum absolute atomic E-state index is 12.8. The van der Waals surface area contributed by atoms with E-state index >= 15 is 0 Å². The third-order valence-corrected chi connectivity index (χ3v) is 9.66. The SMILES string of the molecule is CN(C(=O)OC(C)(C)C)C(C)(C)Cc1nnc(-c2ccccc2Nc2ccc(C(F)(F)F)cc2)o1.CNC(C)(C)Cc1nnc(-c2ccccc2Nc2ccc(C(F)(F)F)cc2)o1. The molecule has 18 heteroatoms. The molecule has 6 rings (SSSR count). The molecule has 3 N–H and O–H groups in total. The predicted molar refractivity (Wildman–Crippen MR) is 228 cm³/mol. The van der Waals surface area contributed by atoms with Crippen LogP contribution in [0.2, 0.25) is 0 Å². The average Bonchev–Trinajstić information content (AvgIpc) is 3.86. The van der Waals surface area contributed by atoms with Gasteiger partial charge in [0.1, 0.15) is 5.60 Å². The lowest BCUT2D eigenvalue weighted by Crippen LogP contribution is -2.48. The number of likely N-dealkylation sites (N-methyl/N-ethyl adjacent to an activating group) is 2. The highest BCUT2D eigenvalue weighted by Gasteiger charge is 2.34. The number of amides is 1. The lowest BCUT2D eigenvalue weighted by Gasteiger charge is -2.35. The fourth-order valence-electron chi connectivity index (χ4n) is 5.75. The van der Waals surface area contributed by atoms with Crippen LogP contribution in [0.25, 0.3) is 22.9 Å². The van der Waals surface area contributed by atoms with Gasteiger partial charge in [-0.25, -0.2) is 4.79 Å². The summed E-state index contributed by atoms with van der Waals surface area (Å²) in [5.74, 6) is 1.41. The van der Waals surface area contributed by atoms with Crippen molar-refractivity contribution in [1.82, 2.24) is 30.6 Å². The summed E-state index contributed by atoms with van der Waals surface area (Å²) in [7, 11) is 3.51. The summed E-state index contributed by atoms with van der Waals surface area (Å²) >= 11 is 0. The maximum atomic E-state index is 12.8. The lowest BCUT2D eigenvalue weighted by atomic mass is 9.99. The van der Waals surface area contributed by atoms with Crippen LogP contribution in [-0.4, -0.2) is 62.2 Å². The first-order valence-electron chi connectivity index (χ1n) is 19.7. The van der Waals surface area contributed by atoms with Crippen molar-refractivity contribution in [3.8, 4) is 22.9 Å². The minimum Gasteiger partial charge on any atom is -0.444 e. The number of benzene rings is 4. The summed E-state index contributed by atoms with van der Waals surface area (Å²) in [5, 5.41) is 25.9. The summed E-state index contributed by atoms with van der Waals surface area (Å²) < 4.78 is 93.8. The van der Waals surface area contributed by atoms with E-state index in [2.05, 4.69) is 36.3 Å². The predicted octanol–water partition coefficient (Wildman–Crippen LogP) is 11.7. The van der Waals surface area contributed by atoms with Crippen LogP contribution in [0, 0.1) is 0 Å². The van der Waals surface area contributed by atoms with Crippen molar-refractivity contribution in [2.75, 3.05) is 24.7 Å². The summed E-state index contributed by atoms with van der Waals surface area (Å²) in [5.41, 5.74) is 0.596. The minimum absolute atomic E-state index is 0.193. The fourth-order valence-corrected chi connectivity index (χ4v) is 5.75. The Morgan fingerprint density at radius 3 is 1.38 bits per heavy atom. The van der Waals surface area contributed by atoms with E-state index in [0.717, 1.165) is 24.3 Å². The zero-order valence-electron chi connectivity index (χ0n) is 36.3. The number of anilines is 4. The number of aromatic nitrogens is 4. The van der Waals surface area contributed by atoms with E-state index in [4.69, 9.17) is 13.6 Å². The number of hydrogen-bond acceptors (Lipinski definition) is 11. The third kappa shape index (κ3) is 13.3. The van der Waals surface area contributed by atoms with Crippen LogP contribution < -0.4 is 16.0 Å². The van der Waals surface area contributed by atoms with Crippen molar-refractivity contribution in [1.29, 1.82) is 0 Å². The Hall–Kier alpha value is -6.43. The Balaban J connectivity index is 0.000000243. The molecule has 0 radical (unpaired) electrons. The highest BCUT2D eigenvalue weighted by molar-refractivity contribution is 5.78. The van der Waals surface area contributed by atoms with E-state index < -0.39 is 40.7 Å². The van der Waals surface area contributed by atoms with E-state index in [1.807, 2.05) is 52.9 Å². The second-order valence-electron chi connectivity index (χ2n) is 16.8. The molecule has 0 saturated carbocycles. The zero-order chi connectivity index (χ0) is 46.4. The number of carbonyl (C=O) groups is 1. The van der Waals surface area contributed by atoms with Crippen molar-refractivity contribution < 1.29 is 44.7 Å². The Bertz CT molecular complexity index is 2440. The largest absolute Gasteiger partial charge is 0.444 e. The number of halogens is 6. The molecule has 0 aliphatic heterocycles. The molecule has 12 nitrogen and oxygen atoms in total. The first-order chi connectivity index (χ1) is 29.3. The molecular weight excluding hydrogens is 831 g/mol. The van der Waals surface area contributed by atoms with Crippen LogP contribution in [0.5, 0.6) is 0 Å². The second kappa shape index (κ2) is 18.9. The fraction of sp³-hybridized carbons (Fsp3) is 0.356. The van der Waals surface area contributed by atoms with E-state index in [9.17, 15) is 31.1 Å². The van der Waals surface area contributed by atoms with Gasteiger partial charge >= 0.3 is 18.4 Å². The lowest BCUT2D eigenvalue weighted by molar-refractivity contribution is -0.138. The average molecular weight is 881 g/mol. The van der Waals surface area contributed by atoms with Crippen molar-refractivity contribution in [2.24, 2.45) is 0 Å². The summed E-state index contributed by atoms with van der Waals surface area (Å²) in [6, 6.07) is 23.9. The van der Waals surface area contributed by atoms with Crippen molar-refractivity contribution >= 4 is 28.8 Å². The van der Waals surface area contributed by atoms with Gasteiger partial charge in [-0.15, -0.1) is 20.4 Å². The Morgan fingerprint density at radius 2 is 1.00 bits per heavy atom. The third-order valence-electron chi connectivity index (χ3n) is 9.66. The minimum atomic E-state index is -4.40. The number of rotatable bonds is 12. The Morgan fingerprint density at radius 1 is 0.603 bits per heavy atom. The molecule has 6 aromatic rings. The zero-order valence-corrected chi connectivity index (χ0v) is 36.3. The number of para-hydroxylation sites is 2. The summed E-state index contributed by atoms with van der Waals surface area (Å²) in [6.45, 7) is 13.2. The molecule has 0 aliphatic carbocycles. The maximum Gasteiger partial charge on any atom is 0.416 e. The van der Waals surface area contributed by atoms with Gasteiger partial charge in [-0.05, 0) is 128 Å². The van der Waals surface area contributed by atoms with Gasteiger partial charge in [-0.1, -0.05) is 24.3 Å². The van der Waals surface area contributed by atoms with E-state index in [0.29, 0.717) is 58.0 Å². The Labute approximate surface area is 361 Å². The number of nitrogens with one attached hydrogen (secondary N) is 3. The topological polar surface area (TPSA) is 143 Å². The first-order valence-corrected chi connectivity index (χ1v) is 19.7. The number of nitrogens with zero attached hydrogens (tertiary/aromatic N) is 5. The van der Waals surface area contributed by atoms with Gasteiger partial charge in [-0.2, -0.15) is 26.3 Å². The molecule has 0 fully saturated rings. The molecule has 0 saturated heterocycles. The molecule has 0 unspecified atom stereocenters. The molecule has 2 aromatic heterocycles. The smallest absolute Gasteiger partial charge is 0.416 e. The van der Waals surface area contributed by atoms with Crippen LogP contribution in [0.1, 0.15) is 71.4 Å². The molecular formula is C45H50F6N8O4. The van der Waals surface area contributed by atoms with E-state index in [1.54, 1.807) is 58.2 Å². The van der Waals surface area contributed by atoms with Crippen molar-refractivity contribution in [2.45, 2.75) is 90.3 Å². The van der Waals surface area contributed by atoms with Crippen LogP contribution >= 0.6 is 0 Å². The molecule has 0 atom stereocenters. The van der Waals surface area contributed by atoms with Gasteiger partial charge in [0.25, 0.3) is 0 Å². The van der Waals surface area contributed by atoms with Gasteiger partial charge in [0.05, 0.1) is 33.6 Å². The van der Waals surface area contributed by atoms with Crippen LogP contribution in [-0.2, 0) is 29.9 Å². The van der Waals surface area contributed by atoms with Crippen LogP contribution in [0.4, 0.5) is 53.9 Å². The van der Waals surface area contributed by atoms with Gasteiger partial charge < -0.3 is 34.4 Å². The Kier molecular flexibility index (Phi) is 14.3. The molecule has 0 spiro atoms. The quantitative estimate of drug-likeness (QED) is 0.101. The summed E-state index contributed by atoms with van der Waals surface area (Å²) in [4.78, 5) is 14.0. The van der Waals surface area contributed by atoms with Gasteiger partial charge in [0, 0.05) is 42.3 Å². The summed E-state index contributed by atoms with van der Waals surface area (Å²) in [6.07, 6.45) is -8.39. The molecule has 0 bridgehead atoms. The van der Waals surface area contributed by atoms with Crippen molar-refractivity contribution in [3.05, 3.63) is 120 Å². The van der Waals surface area contributed by atoms with Gasteiger partial charge in [-0.3, -0.25) is 0 Å². The molecule has 2 heterocycles. The molecule has 63 heavy (non-hydrogen) atoms. The molecule has 336 valence electrons. The van der Waals surface area contributed by atoms with E-state index in [1.165, 1.54) is 29.2 Å². The standard InChI is InChI=1S/C25H29F3N4O3.C20H21F3N4O/c1-23(2,3)35-22(33)32(6)24(4,5)15-20-30-31-21(34-20)18-9-7-8-10-19(18)29-17-13-11-16(12-14-17)25(26,27)28;1-19(2,24-3)12-17-26-27-18(28-17)15-6-4-5-7-16(15)25-14-10-8-13(9-11-14)20(21,22)23/h7-14,29H,15H2,1-6H3;4-11,24-25H,12H2,1-3H3. The van der Waals surface area contributed by atoms with Crippen LogP contribution in [0.3, 0.4) is 0 Å². The number of ether oxygens (including phenoxy) is 1. The molecule has 0 aliphatic rings. The van der Waals surface area contributed by atoms with Gasteiger partial charge in [0.2, 0.25) is 23.6 Å². The first kappa shape index (κ1) is 47.6. The molecule has 4 aromatic carbocycles. The number of carbonyl (C=O) groups excluding carboxylic acids is 1. The monoisotopic (exact) mass is 880 g/mol. The van der Waals surface area contributed by atoms with Crippen LogP contribution in [0.15, 0.2) is 106 Å².